The van der Waals surface area contributed by atoms with Gasteiger partial charge in [0.25, 0.3) is 5.89 Å². The van der Waals surface area contributed by atoms with E-state index >= 15 is 0 Å². The van der Waals surface area contributed by atoms with Crippen LogP contribution in [0, 0.1) is 13.8 Å². The normalized spacial score (nSPS) is 10.7. The molecule has 0 bridgehead atoms. The summed E-state index contributed by atoms with van der Waals surface area (Å²) in [5, 5.41) is 4.08. The van der Waals surface area contributed by atoms with Gasteiger partial charge in [-0.25, -0.2) is 4.79 Å². The van der Waals surface area contributed by atoms with Gasteiger partial charge in [-0.15, -0.1) is 0 Å². The van der Waals surface area contributed by atoms with E-state index in [9.17, 15) is 4.79 Å². The third-order valence-corrected chi connectivity index (χ3v) is 4.90. The van der Waals surface area contributed by atoms with Crippen molar-refractivity contribution in [1.29, 1.82) is 0 Å². The Morgan fingerprint density at radius 3 is 2.24 bits per heavy atom. The summed E-state index contributed by atoms with van der Waals surface area (Å²) in [5.41, 5.74) is 6.88. The molecule has 0 fully saturated rings. The van der Waals surface area contributed by atoms with Crippen LogP contribution in [0.15, 0.2) is 71.3 Å². The lowest BCUT2D eigenvalue weighted by Gasteiger charge is -2.10. The molecule has 0 atom stereocenters. The maximum Gasteiger partial charge on any atom is 0.337 e. The Kier molecular flexibility index (Phi) is 4.96. The first kappa shape index (κ1) is 18.6. The predicted octanol–water partition coefficient (Wildman–Crippen LogP) is 5.47. The lowest BCUT2D eigenvalue weighted by atomic mass is 9.95. The van der Waals surface area contributed by atoms with Gasteiger partial charge in [-0.1, -0.05) is 47.6 Å². The van der Waals surface area contributed by atoms with Gasteiger partial charge in [-0.3, -0.25) is 0 Å². The third kappa shape index (κ3) is 3.67. The van der Waals surface area contributed by atoms with Gasteiger partial charge in [-0.2, -0.15) is 4.98 Å². The standard InChI is InChI=1S/C24H20N2O3/c1-15-6-4-5-7-20(15)21-13-12-19(14-16(21)2)23-25-22(26-29-23)17-8-10-18(11-9-17)24(27)28-3/h4-14H,1-3H3. The average Bonchev–Trinajstić information content (AvgIpc) is 3.24. The molecule has 5 nitrogen and oxygen atoms in total. The molecule has 0 aliphatic heterocycles. The molecule has 0 spiro atoms. The zero-order valence-corrected chi connectivity index (χ0v) is 16.5. The number of methoxy groups -OCH3 is 1. The molecule has 0 aliphatic rings. The number of rotatable bonds is 4. The topological polar surface area (TPSA) is 65.2 Å². The first-order chi connectivity index (χ1) is 14.1. The molecule has 5 heteroatoms. The van der Waals surface area contributed by atoms with Crippen molar-refractivity contribution in [2.24, 2.45) is 0 Å². The van der Waals surface area contributed by atoms with Crippen LogP contribution in [0.4, 0.5) is 0 Å². The van der Waals surface area contributed by atoms with Crippen LogP contribution in [-0.4, -0.2) is 23.2 Å². The number of aromatic nitrogens is 2. The van der Waals surface area contributed by atoms with Crippen LogP contribution in [0.3, 0.4) is 0 Å². The number of carbonyl (C=O) groups excluding carboxylic acids is 1. The second kappa shape index (κ2) is 7.72. The van der Waals surface area contributed by atoms with Crippen LogP contribution in [0.25, 0.3) is 34.0 Å². The van der Waals surface area contributed by atoms with E-state index in [2.05, 4.69) is 48.3 Å². The van der Waals surface area contributed by atoms with E-state index in [-0.39, 0.29) is 5.97 Å². The summed E-state index contributed by atoms with van der Waals surface area (Å²) in [5.74, 6) is 0.545. The van der Waals surface area contributed by atoms with Crippen LogP contribution in [0.5, 0.6) is 0 Å². The zero-order valence-electron chi connectivity index (χ0n) is 16.5. The monoisotopic (exact) mass is 384 g/mol. The summed E-state index contributed by atoms with van der Waals surface area (Å²) in [4.78, 5) is 16.1. The first-order valence-corrected chi connectivity index (χ1v) is 9.26. The fraction of sp³-hybridized carbons (Fsp3) is 0.125. The summed E-state index contributed by atoms with van der Waals surface area (Å²) in [7, 11) is 1.36. The predicted molar refractivity (Wildman–Crippen MR) is 111 cm³/mol. The Labute approximate surface area is 169 Å². The van der Waals surface area contributed by atoms with Crippen LogP contribution in [-0.2, 0) is 4.74 Å². The Morgan fingerprint density at radius 2 is 1.55 bits per heavy atom. The van der Waals surface area contributed by atoms with E-state index in [1.54, 1.807) is 24.3 Å². The van der Waals surface area contributed by atoms with Crippen molar-refractivity contribution in [3.63, 3.8) is 0 Å². The average molecular weight is 384 g/mol. The summed E-state index contributed by atoms with van der Waals surface area (Å²) in [6, 6.07) is 21.4. The molecule has 29 heavy (non-hydrogen) atoms. The molecule has 0 saturated carbocycles. The van der Waals surface area contributed by atoms with Gasteiger partial charge in [0.15, 0.2) is 0 Å². The molecule has 4 rings (SSSR count). The van der Waals surface area contributed by atoms with Crippen molar-refractivity contribution in [1.82, 2.24) is 10.1 Å². The number of hydrogen-bond acceptors (Lipinski definition) is 5. The van der Waals surface area contributed by atoms with Crippen molar-refractivity contribution in [3.05, 3.63) is 83.4 Å². The van der Waals surface area contributed by atoms with Gasteiger partial charge in [0.05, 0.1) is 12.7 Å². The number of hydrogen-bond donors (Lipinski definition) is 0. The maximum atomic E-state index is 11.6. The van der Waals surface area contributed by atoms with Gasteiger partial charge in [-0.05, 0) is 60.4 Å². The van der Waals surface area contributed by atoms with Crippen LogP contribution >= 0.6 is 0 Å². The Balaban J connectivity index is 1.62. The van der Waals surface area contributed by atoms with Gasteiger partial charge in [0.2, 0.25) is 5.82 Å². The smallest absolute Gasteiger partial charge is 0.337 e. The highest BCUT2D eigenvalue weighted by Crippen LogP contribution is 2.30. The number of aryl methyl sites for hydroxylation is 2. The lowest BCUT2D eigenvalue weighted by molar-refractivity contribution is 0.0601. The van der Waals surface area contributed by atoms with E-state index < -0.39 is 0 Å². The van der Waals surface area contributed by atoms with Gasteiger partial charge in [0, 0.05) is 11.1 Å². The van der Waals surface area contributed by atoms with Crippen molar-refractivity contribution in [3.8, 4) is 34.0 Å². The minimum Gasteiger partial charge on any atom is -0.465 e. The quantitative estimate of drug-likeness (QED) is 0.436. The molecule has 1 heterocycles. The summed E-state index contributed by atoms with van der Waals surface area (Å²) < 4.78 is 10.2. The minimum absolute atomic E-state index is 0.380. The largest absolute Gasteiger partial charge is 0.465 e. The number of nitrogens with zero attached hydrogens (tertiary/aromatic N) is 2. The van der Waals surface area contributed by atoms with Gasteiger partial charge in [0.1, 0.15) is 0 Å². The molecule has 0 radical (unpaired) electrons. The van der Waals surface area contributed by atoms with E-state index in [4.69, 9.17) is 9.26 Å². The maximum absolute atomic E-state index is 11.6. The van der Waals surface area contributed by atoms with Crippen LogP contribution in [0.2, 0.25) is 0 Å². The van der Waals surface area contributed by atoms with E-state index in [0.29, 0.717) is 17.3 Å². The van der Waals surface area contributed by atoms with E-state index in [1.807, 2.05) is 18.2 Å². The number of esters is 1. The van der Waals surface area contributed by atoms with Gasteiger partial charge >= 0.3 is 5.97 Å². The molecule has 0 amide bonds. The second-order valence-electron chi connectivity index (χ2n) is 6.84. The number of carbonyl (C=O) groups is 1. The molecule has 144 valence electrons. The van der Waals surface area contributed by atoms with E-state index in [1.165, 1.54) is 23.8 Å². The molecule has 3 aromatic carbocycles. The summed E-state index contributed by atoms with van der Waals surface area (Å²) >= 11 is 0. The van der Waals surface area contributed by atoms with Gasteiger partial charge < -0.3 is 9.26 Å². The molecule has 1 aromatic heterocycles. The van der Waals surface area contributed by atoms with Crippen LogP contribution in [0.1, 0.15) is 21.5 Å². The Hall–Kier alpha value is -3.73. The highest BCUT2D eigenvalue weighted by atomic mass is 16.5. The van der Waals surface area contributed by atoms with E-state index in [0.717, 1.165) is 16.7 Å². The molecule has 4 aromatic rings. The lowest BCUT2D eigenvalue weighted by Crippen LogP contribution is -2.00. The summed E-state index contributed by atoms with van der Waals surface area (Å²) in [6.07, 6.45) is 0. The molecule has 0 unspecified atom stereocenters. The SMILES string of the molecule is COC(=O)c1ccc(-c2noc(-c3ccc(-c4ccccc4C)c(C)c3)n2)cc1. The number of benzene rings is 3. The molecular formula is C24H20N2O3. The summed E-state index contributed by atoms with van der Waals surface area (Å²) in [6.45, 7) is 4.19. The Morgan fingerprint density at radius 1 is 0.862 bits per heavy atom. The Bertz CT molecular complexity index is 1180. The van der Waals surface area contributed by atoms with Crippen molar-refractivity contribution in [2.75, 3.05) is 7.11 Å². The van der Waals surface area contributed by atoms with Crippen molar-refractivity contribution in [2.45, 2.75) is 13.8 Å². The highest BCUT2D eigenvalue weighted by molar-refractivity contribution is 5.89. The number of ether oxygens (including phenoxy) is 1. The van der Waals surface area contributed by atoms with Crippen molar-refractivity contribution >= 4 is 5.97 Å². The van der Waals surface area contributed by atoms with Crippen LogP contribution < -0.4 is 0 Å². The fourth-order valence-corrected chi connectivity index (χ4v) is 3.31. The minimum atomic E-state index is -0.380. The molecule has 0 saturated heterocycles. The zero-order chi connectivity index (χ0) is 20.4. The molecule has 0 N–H and O–H groups in total. The highest BCUT2D eigenvalue weighted by Gasteiger charge is 2.14. The van der Waals surface area contributed by atoms with Crippen molar-refractivity contribution < 1.29 is 14.1 Å². The molecule has 0 aliphatic carbocycles. The second-order valence-corrected chi connectivity index (χ2v) is 6.84. The third-order valence-electron chi connectivity index (χ3n) is 4.90. The fourth-order valence-electron chi connectivity index (χ4n) is 3.31. The molecular weight excluding hydrogens is 364 g/mol. The first-order valence-electron chi connectivity index (χ1n) is 9.26.